The maximum atomic E-state index is 12.6. The van der Waals surface area contributed by atoms with E-state index in [1.165, 1.54) is 6.33 Å². The highest BCUT2D eigenvalue weighted by Gasteiger charge is 2.12. The Morgan fingerprint density at radius 2 is 2.08 bits per heavy atom. The molecule has 124 valence electrons. The minimum Gasteiger partial charge on any atom is -0.320 e. The van der Waals surface area contributed by atoms with Crippen LogP contribution in [0.25, 0.3) is 16.7 Å². The van der Waals surface area contributed by atoms with E-state index in [2.05, 4.69) is 25.7 Å². The minimum atomic E-state index is -0.222. The Bertz CT molecular complexity index is 1040. The van der Waals surface area contributed by atoms with Gasteiger partial charge in [0.15, 0.2) is 0 Å². The summed E-state index contributed by atoms with van der Waals surface area (Å²) >= 11 is 0. The van der Waals surface area contributed by atoms with Crippen molar-refractivity contribution in [2.24, 2.45) is 0 Å². The lowest BCUT2D eigenvalue weighted by atomic mass is 10.1. The first-order valence-corrected chi connectivity index (χ1v) is 7.85. The Hall–Kier alpha value is -3.55. The zero-order valence-corrected chi connectivity index (χ0v) is 13.5. The van der Waals surface area contributed by atoms with Crippen molar-refractivity contribution in [2.45, 2.75) is 13.5 Å². The van der Waals surface area contributed by atoms with E-state index in [-0.39, 0.29) is 5.91 Å². The number of hydrogen-bond acceptors (Lipinski definition) is 5. The van der Waals surface area contributed by atoms with Gasteiger partial charge < -0.3 is 5.32 Å². The van der Waals surface area contributed by atoms with Crippen LogP contribution in [0, 0.1) is 0 Å². The second-order valence-corrected chi connectivity index (χ2v) is 5.42. The van der Waals surface area contributed by atoms with Crippen LogP contribution in [0.15, 0.2) is 55.1 Å². The second-order valence-electron chi connectivity index (χ2n) is 5.42. The molecule has 2 heterocycles. The highest BCUT2D eigenvalue weighted by molar-refractivity contribution is 6.06. The van der Waals surface area contributed by atoms with Gasteiger partial charge in [-0.1, -0.05) is 17.3 Å². The van der Waals surface area contributed by atoms with E-state index in [4.69, 9.17) is 0 Å². The zero-order chi connectivity index (χ0) is 17.2. The lowest BCUT2D eigenvalue weighted by Crippen LogP contribution is -2.14. The molecule has 0 aliphatic heterocycles. The van der Waals surface area contributed by atoms with Gasteiger partial charge in [-0.05, 0) is 37.3 Å². The summed E-state index contributed by atoms with van der Waals surface area (Å²) in [4.78, 5) is 16.6. The van der Waals surface area contributed by atoms with Crippen LogP contribution in [-0.2, 0) is 6.54 Å². The highest BCUT2D eigenvalue weighted by Crippen LogP contribution is 2.20. The number of fused-ring (bicyclic) bond motifs is 1. The van der Waals surface area contributed by atoms with Gasteiger partial charge in [0.05, 0.1) is 16.9 Å². The molecule has 0 saturated carbocycles. The Morgan fingerprint density at radius 1 is 1.20 bits per heavy atom. The molecule has 0 saturated heterocycles. The van der Waals surface area contributed by atoms with Crippen LogP contribution >= 0.6 is 0 Å². The number of nitrogens with zero attached hydrogens (tertiary/aromatic N) is 6. The number of hydrogen-bond donors (Lipinski definition) is 1. The molecule has 0 atom stereocenters. The number of aromatic nitrogens is 6. The van der Waals surface area contributed by atoms with E-state index < -0.39 is 0 Å². The van der Waals surface area contributed by atoms with Crippen molar-refractivity contribution in [1.82, 2.24) is 29.8 Å². The number of para-hydroxylation sites is 2. The monoisotopic (exact) mass is 333 g/mol. The second kappa shape index (κ2) is 6.16. The molecule has 25 heavy (non-hydrogen) atoms. The number of carbonyl (C=O) groups excluding carboxylic acids is 1. The molecule has 1 N–H and O–H groups in total. The summed E-state index contributed by atoms with van der Waals surface area (Å²) in [6.45, 7) is 2.73. The zero-order valence-electron chi connectivity index (χ0n) is 13.5. The van der Waals surface area contributed by atoms with Crippen LogP contribution in [0.3, 0.4) is 0 Å². The Labute approximate surface area is 143 Å². The van der Waals surface area contributed by atoms with E-state index >= 15 is 0 Å². The number of carbonyl (C=O) groups is 1. The number of amides is 1. The normalized spacial score (nSPS) is 10.9. The van der Waals surface area contributed by atoms with Gasteiger partial charge in [0, 0.05) is 12.1 Å². The number of aryl methyl sites for hydroxylation is 1. The summed E-state index contributed by atoms with van der Waals surface area (Å²) in [6, 6.07) is 12.8. The molecule has 2 aromatic heterocycles. The van der Waals surface area contributed by atoms with Gasteiger partial charge in [0.25, 0.3) is 5.91 Å². The largest absolute Gasteiger partial charge is 0.320 e. The molecule has 0 radical (unpaired) electrons. The first-order valence-electron chi connectivity index (χ1n) is 7.85. The fourth-order valence-electron chi connectivity index (χ4n) is 2.65. The summed E-state index contributed by atoms with van der Waals surface area (Å²) in [7, 11) is 0. The predicted molar refractivity (Wildman–Crippen MR) is 92.5 cm³/mol. The summed E-state index contributed by atoms with van der Waals surface area (Å²) in [5.41, 5.74) is 3.51. The molecule has 0 spiro atoms. The molecule has 2 aromatic carbocycles. The molecule has 4 aromatic rings. The maximum Gasteiger partial charge on any atom is 0.255 e. The van der Waals surface area contributed by atoms with Gasteiger partial charge in [-0.15, -0.1) is 5.10 Å². The highest BCUT2D eigenvalue weighted by atomic mass is 16.1. The average Bonchev–Trinajstić information content (AvgIpc) is 3.31. The molecular formula is C17H15N7O. The van der Waals surface area contributed by atoms with Crippen LogP contribution in [-0.4, -0.2) is 35.7 Å². The Kier molecular flexibility index (Phi) is 3.70. The van der Waals surface area contributed by atoms with Crippen LogP contribution in [0.1, 0.15) is 17.3 Å². The molecule has 0 unspecified atom stereocenters. The van der Waals surface area contributed by atoms with E-state index in [1.54, 1.807) is 27.8 Å². The number of benzene rings is 2. The van der Waals surface area contributed by atoms with Crippen molar-refractivity contribution in [3.05, 3.63) is 60.7 Å². The summed E-state index contributed by atoms with van der Waals surface area (Å²) in [6.07, 6.45) is 3.03. The maximum absolute atomic E-state index is 12.6. The molecule has 0 fully saturated rings. The van der Waals surface area contributed by atoms with Gasteiger partial charge >= 0.3 is 0 Å². The molecule has 8 heteroatoms. The molecular weight excluding hydrogens is 318 g/mol. The van der Waals surface area contributed by atoms with Crippen molar-refractivity contribution >= 4 is 22.6 Å². The SMILES string of the molecule is CCn1nnc2cc(C(=O)Nc3ccccc3-n3cncn3)ccc21. The van der Waals surface area contributed by atoms with Gasteiger partial charge in [0.1, 0.15) is 18.2 Å². The van der Waals surface area contributed by atoms with Crippen molar-refractivity contribution in [3.63, 3.8) is 0 Å². The standard InChI is InChI=1S/C17H15N7O/c1-2-23-16-8-7-12(9-14(16)21-22-23)17(25)20-13-5-3-4-6-15(13)24-11-18-10-19-24/h3-11H,2H2,1H3,(H,20,25). The van der Waals surface area contributed by atoms with Crippen LogP contribution in [0.2, 0.25) is 0 Å². The average molecular weight is 333 g/mol. The lowest BCUT2D eigenvalue weighted by Gasteiger charge is -2.10. The van der Waals surface area contributed by atoms with Gasteiger partial charge in [0.2, 0.25) is 0 Å². The number of rotatable bonds is 4. The number of nitrogens with one attached hydrogen (secondary N) is 1. The quantitative estimate of drug-likeness (QED) is 0.619. The van der Waals surface area contributed by atoms with E-state index in [9.17, 15) is 4.79 Å². The third kappa shape index (κ3) is 2.74. The van der Waals surface area contributed by atoms with Crippen molar-refractivity contribution in [1.29, 1.82) is 0 Å². The summed E-state index contributed by atoms with van der Waals surface area (Å²) in [5.74, 6) is -0.222. The third-order valence-corrected chi connectivity index (χ3v) is 3.89. The first-order chi connectivity index (χ1) is 12.3. The smallest absolute Gasteiger partial charge is 0.255 e. The molecule has 1 amide bonds. The predicted octanol–water partition coefficient (Wildman–Crippen LogP) is 2.28. The van der Waals surface area contributed by atoms with E-state index in [1.807, 2.05) is 37.3 Å². The summed E-state index contributed by atoms with van der Waals surface area (Å²) in [5, 5.41) is 15.2. The van der Waals surface area contributed by atoms with E-state index in [0.29, 0.717) is 16.8 Å². The first kappa shape index (κ1) is 15.0. The van der Waals surface area contributed by atoms with Gasteiger partial charge in [-0.3, -0.25) is 4.79 Å². The van der Waals surface area contributed by atoms with Crippen molar-refractivity contribution in [3.8, 4) is 5.69 Å². The Morgan fingerprint density at radius 3 is 2.88 bits per heavy atom. The molecule has 4 rings (SSSR count). The molecule has 0 aliphatic rings. The van der Waals surface area contributed by atoms with Gasteiger partial charge in [-0.2, -0.15) is 5.10 Å². The van der Waals surface area contributed by atoms with Crippen molar-refractivity contribution < 1.29 is 4.79 Å². The fourth-order valence-corrected chi connectivity index (χ4v) is 2.65. The summed E-state index contributed by atoms with van der Waals surface area (Å²) < 4.78 is 3.39. The lowest BCUT2D eigenvalue weighted by molar-refractivity contribution is 0.102. The van der Waals surface area contributed by atoms with Gasteiger partial charge in [-0.25, -0.2) is 14.3 Å². The Balaban J connectivity index is 1.65. The van der Waals surface area contributed by atoms with E-state index in [0.717, 1.165) is 17.7 Å². The van der Waals surface area contributed by atoms with Crippen LogP contribution < -0.4 is 5.32 Å². The third-order valence-electron chi connectivity index (χ3n) is 3.89. The van der Waals surface area contributed by atoms with Crippen molar-refractivity contribution in [2.75, 3.05) is 5.32 Å². The topological polar surface area (TPSA) is 90.5 Å². The van der Waals surface area contributed by atoms with Crippen LogP contribution in [0.4, 0.5) is 5.69 Å². The molecule has 0 aliphatic carbocycles. The molecule has 0 bridgehead atoms. The van der Waals surface area contributed by atoms with Crippen LogP contribution in [0.5, 0.6) is 0 Å². The number of anilines is 1. The minimum absolute atomic E-state index is 0.222. The molecule has 8 nitrogen and oxygen atoms in total. The fraction of sp³-hybridized carbons (Fsp3) is 0.118.